The van der Waals surface area contributed by atoms with E-state index in [0.717, 1.165) is 0 Å². The Balaban J connectivity index is 1.22. The minimum atomic E-state index is -0.904. The number of rotatable bonds is 17. The number of amides is 4. The monoisotopic (exact) mass is 556 g/mol. The standard InChI is InChI=1S/C27H28N2O11/c30-17(7-8-19(32)11-14-25(36)40-28-23(34)12-13-24(28)35)5-6-18(31)9-10-20(33)15-16-39-29-26(37)21-3-1-2-4-22(21)27(29)38/h1-4H,5-16H2. The first-order valence-corrected chi connectivity index (χ1v) is 12.8. The van der Waals surface area contributed by atoms with Gasteiger partial charge in [-0.05, 0) is 12.1 Å². The molecule has 1 aromatic rings. The number of hydrogen-bond acceptors (Lipinski definition) is 11. The third-order valence-corrected chi connectivity index (χ3v) is 6.21. The summed E-state index contributed by atoms with van der Waals surface area (Å²) in [4.78, 5) is 117. The topological polar surface area (TPSA) is 179 Å². The molecule has 2 aliphatic heterocycles. The van der Waals surface area contributed by atoms with Gasteiger partial charge in [-0.25, -0.2) is 4.79 Å². The van der Waals surface area contributed by atoms with Gasteiger partial charge in [-0.3, -0.25) is 43.2 Å². The minimum absolute atomic E-state index is 0.0396. The zero-order valence-electron chi connectivity index (χ0n) is 21.7. The highest BCUT2D eigenvalue weighted by molar-refractivity contribution is 6.20. The Morgan fingerprint density at radius 2 is 0.975 bits per heavy atom. The number of carbonyl (C=O) groups excluding carboxylic acids is 9. The van der Waals surface area contributed by atoms with Gasteiger partial charge < -0.3 is 4.84 Å². The van der Waals surface area contributed by atoms with Gasteiger partial charge in [0.2, 0.25) is 0 Å². The van der Waals surface area contributed by atoms with E-state index >= 15 is 0 Å². The lowest BCUT2D eigenvalue weighted by Gasteiger charge is -2.12. The van der Waals surface area contributed by atoms with Crippen molar-refractivity contribution in [3.8, 4) is 0 Å². The molecule has 4 amide bonds. The maximum absolute atomic E-state index is 12.2. The molecule has 0 radical (unpaired) electrons. The van der Waals surface area contributed by atoms with E-state index in [2.05, 4.69) is 4.84 Å². The predicted octanol–water partition coefficient (Wildman–Crippen LogP) is 1.61. The van der Waals surface area contributed by atoms with Gasteiger partial charge in [0.15, 0.2) is 0 Å². The van der Waals surface area contributed by atoms with E-state index in [9.17, 15) is 43.2 Å². The molecule has 0 aliphatic carbocycles. The Kier molecular flexibility index (Phi) is 10.6. The molecule has 3 rings (SSSR count). The molecule has 13 heteroatoms. The molecule has 2 aliphatic rings. The molecule has 2 heterocycles. The van der Waals surface area contributed by atoms with Crippen LogP contribution in [0, 0.1) is 0 Å². The SMILES string of the molecule is O=C(CCON1C(=O)c2ccccc2C1=O)CCC(=O)CCC(=O)CCC(=O)CCC(=O)ON1C(=O)CCC1=O. The molecule has 0 atom stereocenters. The van der Waals surface area contributed by atoms with Crippen LogP contribution in [0.1, 0.15) is 91.3 Å². The van der Waals surface area contributed by atoms with Gasteiger partial charge in [0, 0.05) is 64.2 Å². The van der Waals surface area contributed by atoms with Crippen LogP contribution < -0.4 is 0 Å². The van der Waals surface area contributed by atoms with Crippen molar-refractivity contribution in [1.29, 1.82) is 0 Å². The minimum Gasteiger partial charge on any atom is -0.330 e. The molecule has 13 nitrogen and oxygen atoms in total. The third-order valence-electron chi connectivity index (χ3n) is 6.21. The van der Waals surface area contributed by atoms with Crippen molar-refractivity contribution in [1.82, 2.24) is 10.1 Å². The first-order chi connectivity index (χ1) is 19.1. The number of nitrogens with zero attached hydrogens (tertiary/aromatic N) is 2. The van der Waals surface area contributed by atoms with Gasteiger partial charge in [-0.2, -0.15) is 0 Å². The van der Waals surface area contributed by atoms with E-state index in [1.165, 1.54) is 12.1 Å². The Hall–Kier alpha value is -4.39. The molecule has 0 spiro atoms. The van der Waals surface area contributed by atoms with Crippen molar-refractivity contribution in [3.05, 3.63) is 35.4 Å². The number of carbonyl (C=O) groups is 9. The van der Waals surface area contributed by atoms with Crippen LogP contribution in [0.15, 0.2) is 24.3 Å². The lowest BCUT2D eigenvalue weighted by molar-refractivity contribution is -0.197. The van der Waals surface area contributed by atoms with E-state index in [0.29, 0.717) is 10.1 Å². The van der Waals surface area contributed by atoms with Crippen molar-refractivity contribution < 1.29 is 52.8 Å². The molecule has 0 aromatic heterocycles. The van der Waals surface area contributed by atoms with E-state index in [4.69, 9.17) is 4.84 Å². The largest absolute Gasteiger partial charge is 0.333 e. The average Bonchev–Trinajstić information content (AvgIpc) is 3.38. The molecular formula is C27H28N2O11. The number of benzene rings is 1. The summed E-state index contributed by atoms with van der Waals surface area (Å²) in [5.41, 5.74) is 0.442. The smallest absolute Gasteiger partial charge is 0.330 e. The van der Waals surface area contributed by atoms with Crippen LogP contribution in [0.25, 0.3) is 0 Å². The fourth-order valence-corrected chi connectivity index (χ4v) is 3.92. The summed E-state index contributed by atoms with van der Waals surface area (Å²) >= 11 is 0. The number of hydroxylamine groups is 4. The molecule has 0 unspecified atom stereocenters. The van der Waals surface area contributed by atoms with E-state index < -0.39 is 29.6 Å². The second-order valence-electron chi connectivity index (χ2n) is 9.23. The molecule has 0 bridgehead atoms. The Labute approximate surface area is 228 Å². The first kappa shape index (κ1) is 30.2. The molecule has 0 saturated carbocycles. The predicted molar refractivity (Wildman–Crippen MR) is 132 cm³/mol. The van der Waals surface area contributed by atoms with E-state index in [1.807, 2.05) is 0 Å². The fraction of sp³-hybridized carbons (Fsp3) is 0.444. The highest BCUT2D eigenvalue weighted by atomic mass is 16.7. The van der Waals surface area contributed by atoms with Crippen LogP contribution in [-0.4, -0.2) is 69.5 Å². The Morgan fingerprint density at radius 1 is 0.575 bits per heavy atom. The number of fused-ring (bicyclic) bond motifs is 1. The molecule has 1 saturated heterocycles. The highest BCUT2D eigenvalue weighted by Crippen LogP contribution is 2.22. The molecule has 1 fully saturated rings. The fourth-order valence-electron chi connectivity index (χ4n) is 3.92. The molecule has 40 heavy (non-hydrogen) atoms. The summed E-state index contributed by atoms with van der Waals surface area (Å²) in [6.07, 6.45) is -1.35. The maximum atomic E-state index is 12.2. The zero-order valence-corrected chi connectivity index (χ0v) is 21.7. The van der Waals surface area contributed by atoms with Gasteiger partial charge in [0.05, 0.1) is 24.2 Å². The van der Waals surface area contributed by atoms with Crippen LogP contribution in [0.2, 0.25) is 0 Å². The van der Waals surface area contributed by atoms with Gasteiger partial charge >= 0.3 is 5.97 Å². The van der Waals surface area contributed by atoms with E-state index in [1.54, 1.807) is 12.1 Å². The highest BCUT2D eigenvalue weighted by Gasteiger charge is 2.36. The first-order valence-electron chi connectivity index (χ1n) is 12.8. The number of imide groups is 2. The van der Waals surface area contributed by atoms with Crippen LogP contribution >= 0.6 is 0 Å². The van der Waals surface area contributed by atoms with Crippen molar-refractivity contribution in [2.45, 2.75) is 70.6 Å². The second kappa shape index (κ2) is 14.1. The lowest BCUT2D eigenvalue weighted by Crippen LogP contribution is -2.32. The van der Waals surface area contributed by atoms with Crippen molar-refractivity contribution in [3.63, 3.8) is 0 Å². The molecule has 212 valence electrons. The molecule has 0 N–H and O–H groups in total. The summed E-state index contributed by atoms with van der Waals surface area (Å²) in [7, 11) is 0. The lowest BCUT2D eigenvalue weighted by atomic mass is 10.0. The summed E-state index contributed by atoms with van der Waals surface area (Å²) < 4.78 is 0. The van der Waals surface area contributed by atoms with Crippen molar-refractivity contribution in [2.75, 3.05) is 6.61 Å². The molecule has 1 aromatic carbocycles. The van der Waals surface area contributed by atoms with Crippen LogP contribution in [0.3, 0.4) is 0 Å². The summed E-state index contributed by atoms with van der Waals surface area (Å²) in [5.74, 6) is -4.68. The van der Waals surface area contributed by atoms with Gasteiger partial charge in [-0.1, -0.05) is 12.1 Å². The van der Waals surface area contributed by atoms with Gasteiger partial charge in [0.1, 0.15) is 23.1 Å². The van der Waals surface area contributed by atoms with Crippen molar-refractivity contribution in [2.24, 2.45) is 0 Å². The number of ketones is 4. The van der Waals surface area contributed by atoms with Gasteiger partial charge in [0.25, 0.3) is 23.6 Å². The number of hydrogen-bond donors (Lipinski definition) is 0. The summed E-state index contributed by atoms with van der Waals surface area (Å²) in [6.45, 7) is -0.211. The normalized spacial score (nSPS) is 14.5. The van der Waals surface area contributed by atoms with Crippen molar-refractivity contribution >= 4 is 52.7 Å². The summed E-state index contributed by atoms with van der Waals surface area (Å²) in [5, 5.41) is 1.01. The molecular weight excluding hydrogens is 528 g/mol. The summed E-state index contributed by atoms with van der Waals surface area (Å²) in [6, 6.07) is 6.25. The maximum Gasteiger partial charge on any atom is 0.333 e. The third kappa shape index (κ3) is 8.30. The quantitative estimate of drug-likeness (QED) is 0.254. The Bertz CT molecular complexity index is 1200. The Morgan fingerprint density at radius 3 is 1.43 bits per heavy atom. The average molecular weight is 557 g/mol. The zero-order chi connectivity index (χ0) is 29.2. The second-order valence-corrected chi connectivity index (χ2v) is 9.23. The van der Waals surface area contributed by atoms with Crippen LogP contribution in [-0.2, 0) is 43.2 Å². The van der Waals surface area contributed by atoms with E-state index in [-0.39, 0.29) is 111 Å². The number of Topliss-reactive ketones (excluding diaryl/α,β-unsaturated/α-hetero) is 4. The van der Waals surface area contributed by atoms with Gasteiger partial charge in [-0.15, -0.1) is 10.1 Å². The van der Waals surface area contributed by atoms with Crippen LogP contribution in [0.4, 0.5) is 0 Å². The van der Waals surface area contributed by atoms with Crippen LogP contribution in [0.5, 0.6) is 0 Å².